The van der Waals surface area contributed by atoms with Crippen molar-refractivity contribution in [2.75, 3.05) is 18.0 Å². The molecule has 0 aliphatic carbocycles. The first-order valence-corrected chi connectivity index (χ1v) is 8.59. The minimum absolute atomic E-state index is 0. The lowest BCUT2D eigenvalue weighted by Gasteiger charge is -2.33. The third-order valence-corrected chi connectivity index (χ3v) is 4.90. The molecule has 2 aliphatic rings. The number of hydrogen-bond acceptors (Lipinski definition) is 4. The Morgan fingerprint density at radius 1 is 1.08 bits per heavy atom. The molecular weight excluding hydrogens is 371 g/mol. The number of piperidine rings is 1. The molecule has 0 atom stereocenters. The number of aromatic nitrogens is 1. The molecule has 2 aromatic rings. The fourth-order valence-electron chi connectivity index (χ4n) is 3.50. The number of fused-ring (bicyclic) bond motifs is 1. The number of hydrogen-bond donors (Lipinski definition) is 2. The highest BCUT2D eigenvalue weighted by atomic mass is 35.5. The summed E-state index contributed by atoms with van der Waals surface area (Å²) in [5.41, 5.74) is 3.31. The number of benzene rings is 1. The normalized spacial score (nSPS) is 16.2. The molecule has 7 heteroatoms. The van der Waals surface area contributed by atoms with Gasteiger partial charge in [0.25, 0.3) is 5.91 Å². The molecule has 3 heterocycles. The van der Waals surface area contributed by atoms with Crippen LogP contribution in [0, 0.1) is 0 Å². The van der Waals surface area contributed by atoms with Gasteiger partial charge in [0.2, 0.25) is 0 Å². The maximum absolute atomic E-state index is 12.5. The molecule has 1 saturated heterocycles. The fraction of sp³-hybridized carbons (Fsp3) is 0.368. The Morgan fingerprint density at radius 3 is 2.58 bits per heavy atom. The highest BCUT2D eigenvalue weighted by molar-refractivity contribution is 5.94. The Balaban J connectivity index is 0.00000121. The van der Waals surface area contributed by atoms with Gasteiger partial charge in [0.15, 0.2) is 0 Å². The van der Waals surface area contributed by atoms with E-state index in [-0.39, 0.29) is 36.8 Å². The summed E-state index contributed by atoms with van der Waals surface area (Å²) in [5, 5.41) is 6.50. The summed E-state index contributed by atoms with van der Waals surface area (Å²) in [4.78, 5) is 19.2. The van der Waals surface area contributed by atoms with E-state index in [0.29, 0.717) is 0 Å². The van der Waals surface area contributed by atoms with Gasteiger partial charge >= 0.3 is 0 Å². The van der Waals surface area contributed by atoms with Crippen LogP contribution in [0.3, 0.4) is 0 Å². The maximum Gasteiger partial charge on any atom is 0.251 e. The van der Waals surface area contributed by atoms with Crippen molar-refractivity contribution in [3.63, 3.8) is 0 Å². The summed E-state index contributed by atoms with van der Waals surface area (Å²) >= 11 is 0. The van der Waals surface area contributed by atoms with Crippen molar-refractivity contribution in [1.29, 1.82) is 0 Å². The zero-order valence-corrected chi connectivity index (χ0v) is 16.1. The molecule has 1 fully saturated rings. The van der Waals surface area contributed by atoms with Gasteiger partial charge in [-0.1, -0.05) is 12.1 Å². The Labute approximate surface area is 166 Å². The van der Waals surface area contributed by atoms with E-state index in [4.69, 9.17) is 0 Å². The topological polar surface area (TPSA) is 57.3 Å². The molecule has 5 nitrogen and oxygen atoms in total. The van der Waals surface area contributed by atoms with E-state index in [9.17, 15) is 4.79 Å². The van der Waals surface area contributed by atoms with Crippen LogP contribution in [0.1, 0.15) is 34.3 Å². The molecule has 2 aliphatic heterocycles. The molecule has 0 saturated carbocycles. The van der Waals surface area contributed by atoms with Crippen molar-refractivity contribution in [2.45, 2.75) is 32.0 Å². The molecule has 0 spiro atoms. The van der Waals surface area contributed by atoms with E-state index in [0.717, 1.165) is 50.4 Å². The molecular formula is C19H24Cl2N4O. The van der Waals surface area contributed by atoms with Crippen molar-refractivity contribution >= 4 is 36.5 Å². The van der Waals surface area contributed by atoms with Crippen molar-refractivity contribution in [2.24, 2.45) is 0 Å². The van der Waals surface area contributed by atoms with Gasteiger partial charge in [-0.05, 0) is 48.2 Å². The van der Waals surface area contributed by atoms with Gasteiger partial charge in [0.05, 0.1) is 0 Å². The van der Waals surface area contributed by atoms with Gasteiger partial charge < -0.3 is 15.5 Å². The number of nitrogens with one attached hydrogen (secondary N) is 2. The van der Waals surface area contributed by atoms with E-state index in [1.165, 1.54) is 11.1 Å². The summed E-state index contributed by atoms with van der Waals surface area (Å²) in [6, 6.07) is 12.2. The van der Waals surface area contributed by atoms with Crippen molar-refractivity contribution in [1.82, 2.24) is 15.6 Å². The quantitative estimate of drug-likeness (QED) is 0.839. The van der Waals surface area contributed by atoms with Crippen LogP contribution < -0.4 is 15.5 Å². The number of carbonyl (C=O) groups excluding carboxylic acids is 1. The number of nitrogens with zero attached hydrogens (tertiary/aromatic N) is 2. The summed E-state index contributed by atoms with van der Waals surface area (Å²) in [5.74, 6) is 1.06. The lowest BCUT2D eigenvalue weighted by molar-refractivity contribution is 0.0931. The van der Waals surface area contributed by atoms with Crippen LogP contribution >= 0.6 is 24.8 Å². The largest absolute Gasteiger partial charge is 0.356 e. The van der Waals surface area contributed by atoms with Crippen LogP contribution in [0.25, 0.3) is 0 Å². The average molecular weight is 395 g/mol. The van der Waals surface area contributed by atoms with Crippen molar-refractivity contribution in [3.8, 4) is 0 Å². The number of pyridine rings is 1. The molecule has 140 valence electrons. The molecule has 0 bridgehead atoms. The van der Waals surface area contributed by atoms with Gasteiger partial charge in [-0.25, -0.2) is 4.98 Å². The minimum atomic E-state index is 0. The zero-order valence-electron chi connectivity index (χ0n) is 14.5. The number of rotatable bonds is 3. The number of amides is 1. The molecule has 1 aromatic heterocycles. The lowest BCUT2D eigenvalue weighted by atomic mass is 10.0. The Hall–Kier alpha value is -1.82. The van der Waals surface area contributed by atoms with Gasteiger partial charge in [-0.15, -0.1) is 24.8 Å². The molecule has 4 rings (SSSR count). The van der Waals surface area contributed by atoms with E-state index < -0.39 is 0 Å². The van der Waals surface area contributed by atoms with Gasteiger partial charge in [0, 0.05) is 44.0 Å². The molecule has 1 amide bonds. The third-order valence-electron chi connectivity index (χ3n) is 4.90. The first-order chi connectivity index (χ1) is 11.8. The SMILES string of the molecule is Cl.Cl.O=C(NC1CCN(c2ccccn2)CC1)c1ccc2c(c1)CNC2. The Bertz CT molecular complexity index is 734. The van der Waals surface area contributed by atoms with Crippen LogP contribution in [0.15, 0.2) is 42.6 Å². The summed E-state index contributed by atoms with van der Waals surface area (Å²) in [7, 11) is 0. The Morgan fingerprint density at radius 2 is 1.85 bits per heavy atom. The fourth-order valence-corrected chi connectivity index (χ4v) is 3.50. The second-order valence-electron chi connectivity index (χ2n) is 6.51. The predicted molar refractivity (Wildman–Crippen MR) is 108 cm³/mol. The highest BCUT2D eigenvalue weighted by Crippen LogP contribution is 2.19. The highest BCUT2D eigenvalue weighted by Gasteiger charge is 2.22. The van der Waals surface area contributed by atoms with Crippen LogP contribution in [0.2, 0.25) is 0 Å². The van der Waals surface area contributed by atoms with E-state index in [2.05, 4.69) is 26.6 Å². The van der Waals surface area contributed by atoms with Gasteiger partial charge in [-0.2, -0.15) is 0 Å². The summed E-state index contributed by atoms with van der Waals surface area (Å²) < 4.78 is 0. The van der Waals surface area contributed by atoms with Crippen molar-refractivity contribution in [3.05, 3.63) is 59.3 Å². The van der Waals surface area contributed by atoms with E-state index in [1.807, 2.05) is 36.5 Å². The second kappa shape index (κ2) is 9.21. The predicted octanol–water partition coefficient (Wildman–Crippen LogP) is 2.93. The standard InChI is InChI=1S/C19H22N4O.2ClH/c24-19(14-4-5-15-12-20-13-16(15)11-14)22-17-6-9-23(10-7-17)18-3-1-2-8-21-18;;/h1-5,8,11,17,20H,6-7,9-10,12-13H2,(H,22,24);2*1H. The third kappa shape index (κ3) is 4.47. The average Bonchev–Trinajstić information content (AvgIpc) is 3.11. The molecule has 1 aromatic carbocycles. The first kappa shape index (κ1) is 20.5. The molecule has 0 radical (unpaired) electrons. The summed E-state index contributed by atoms with van der Waals surface area (Å²) in [6.07, 6.45) is 3.73. The minimum Gasteiger partial charge on any atom is -0.356 e. The molecule has 2 N–H and O–H groups in total. The summed E-state index contributed by atoms with van der Waals surface area (Å²) in [6.45, 7) is 3.62. The van der Waals surface area contributed by atoms with Crippen molar-refractivity contribution < 1.29 is 4.79 Å². The smallest absolute Gasteiger partial charge is 0.251 e. The van der Waals surface area contributed by atoms with Crippen LogP contribution in [-0.4, -0.2) is 30.0 Å². The van der Waals surface area contributed by atoms with Gasteiger partial charge in [-0.3, -0.25) is 4.79 Å². The van der Waals surface area contributed by atoms with Crippen LogP contribution in [0.5, 0.6) is 0 Å². The zero-order chi connectivity index (χ0) is 16.4. The van der Waals surface area contributed by atoms with E-state index >= 15 is 0 Å². The van der Waals surface area contributed by atoms with Crippen LogP contribution in [-0.2, 0) is 13.1 Å². The van der Waals surface area contributed by atoms with Gasteiger partial charge in [0.1, 0.15) is 5.82 Å². The molecule has 26 heavy (non-hydrogen) atoms. The van der Waals surface area contributed by atoms with E-state index in [1.54, 1.807) is 0 Å². The monoisotopic (exact) mass is 394 g/mol. The number of anilines is 1. The lowest BCUT2D eigenvalue weighted by Crippen LogP contribution is -2.45. The Kier molecular flexibility index (Phi) is 7.26. The maximum atomic E-state index is 12.5. The van der Waals surface area contributed by atoms with Crippen LogP contribution in [0.4, 0.5) is 5.82 Å². The second-order valence-corrected chi connectivity index (χ2v) is 6.51. The molecule has 0 unspecified atom stereocenters. The number of carbonyl (C=O) groups is 1. The first-order valence-electron chi connectivity index (χ1n) is 8.59. The number of halogens is 2.